The van der Waals surface area contributed by atoms with E-state index < -0.39 is 28.2 Å². The van der Waals surface area contributed by atoms with Gasteiger partial charge in [0.1, 0.15) is 16.5 Å². The van der Waals surface area contributed by atoms with Gasteiger partial charge < -0.3 is 9.47 Å². The largest absolute Gasteiger partial charge is 0.439 e. The quantitative estimate of drug-likeness (QED) is 0.429. The summed E-state index contributed by atoms with van der Waals surface area (Å²) in [7, 11) is -4.27. The van der Waals surface area contributed by atoms with Gasteiger partial charge in [-0.1, -0.05) is 24.3 Å². The summed E-state index contributed by atoms with van der Waals surface area (Å²) in [5.74, 6) is -0.0168. The fourth-order valence-corrected chi connectivity index (χ4v) is 5.07. The van der Waals surface area contributed by atoms with E-state index in [4.69, 9.17) is 14.7 Å². The number of halogens is 1. The van der Waals surface area contributed by atoms with E-state index in [-0.39, 0.29) is 29.3 Å². The van der Waals surface area contributed by atoms with Gasteiger partial charge in [0.2, 0.25) is 15.9 Å². The number of para-hydroxylation sites is 1. The summed E-state index contributed by atoms with van der Waals surface area (Å²) in [6, 6.07) is 14.3. The first kappa shape index (κ1) is 22.6. The molecule has 11 heteroatoms. The summed E-state index contributed by atoms with van der Waals surface area (Å²) in [6.45, 7) is 1.67. The Hall–Kier alpha value is -3.54. The molecule has 0 fully saturated rings. The second-order valence-electron chi connectivity index (χ2n) is 7.24. The molecule has 2 heterocycles. The third kappa shape index (κ3) is 4.51. The standard InChI is InChI=1S/C22H20FN3O6S/c1-14-7-9-18(23)20-17(14)11-12-26(21(20)32-22(27)25-28)33(29,30)16-8-10-19(24-13-16)31-15-5-3-2-4-6-15/h2-10,13,21,28H,11-12H2,1H3,(H,25,27). The number of amides is 1. The zero-order valence-corrected chi connectivity index (χ0v) is 18.3. The number of ether oxygens (including phenoxy) is 2. The van der Waals surface area contributed by atoms with Crippen LogP contribution in [-0.2, 0) is 21.2 Å². The normalized spacial score (nSPS) is 16.0. The molecule has 172 valence electrons. The van der Waals surface area contributed by atoms with Crippen LogP contribution in [0, 0.1) is 12.7 Å². The summed E-state index contributed by atoms with van der Waals surface area (Å²) < 4.78 is 53.1. The van der Waals surface area contributed by atoms with E-state index in [2.05, 4.69) is 4.98 Å². The van der Waals surface area contributed by atoms with Crippen molar-refractivity contribution in [3.05, 3.63) is 83.3 Å². The number of nitrogens with one attached hydrogen (secondary N) is 1. The van der Waals surface area contributed by atoms with E-state index in [1.807, 2.05) is 6.07 Å². The number of nitrogens with zero attached hydrogens (tertiary/aromatic N) is 2. The highest BCUT2D eigenvalue weighted by atomic mass is 32.2. The zero-order valence-electron chi connectivity index (χ0n) is 17.4. The molecule has 33 heavy (non-hydrogen) atoms. The molecule has 9 nitrogen and oxygen atoms in total. The van der Waals surface area contributed by atoms with E-state index in [0.717, 1.165) is 16.1 Å². The highest BCUT2D eigenvalue weighted by Gasteiger charge is 2.41. The van der Waals surface area contributed by atoms with Gasteiger partial charge in [-0.25, -0.2) is 28.1 Å². The van der Waals surface area contributed by atoms with Crippen molar-refractivity contribution in [2.24, 2.45) is 0 Å². The fourth-order valence-electron chi connectivity index (χ4n) is 3.64. The van der Waals surface area contributed by atoms with Crippen LogP contribution in [0.25, 0.3) is 0 Å². The molecule has 1 aromatic heterocycles. The van der Waals surface area contributed by atoms with Crippen molar-refractivity contribution in [3.8, 4) is 11.6 Å². The van der Waals surface area contributed by atoms with Crippen molar-refractivity contribution in [1.29, 1.82) is 0 Å². The van der Waals surface area contributed by atoms with Crippen LogP contribution in [0.1, 0.15) is 22.9 Å². The number of hydrogen-bond donors (Lipinski definition) is 2. The van der Waals surface area contributed by atoms with Crippen molar-refractivity contribution < 1.29 is 32.3 Å². The summed E-state index contributed by atoms with van der Waals surface area (Å²) in [6.07, 6.45) is -1.62. The van der Waals surface area contributed by atoms with Gasteiger partial charge in [-0.2, -0.15) is 4.31 Å². The number of hydroxylamine groups is 1. The monoisotopic (exact) mass is 473 g/mol. The van der Waals surface area contributed by atoms with Crippen LogP contribution in [0.4, 0.5) is 9.18 Å². The van der Waals surface area contributed by atoms with Gasteiger partial charge in [0.25, 0.3) is 0 Å². The molecule has 0 aliphatic carbocycles. The Morgan fingerprint density at radius 1 is 1.18 bits per heavy atom. The van der Waals surface area contributed by atoms with Crippen LogP contribution >= 0.6 is 0 Å². The molecular weight excluding hydrogens is 453 g/mol. The number of fused-ring (bicyclic) bond motifs is 1. The minimum absolute atomic E-state index is 0.0781. The van der Waals surface area contributed by atoms with Crippen molar-refractivity contribution in [2.45, 2.75) is 24.5 Å². The Labute approximate surface area is 189 Å². The topological polar surface area (TPSA) is 118 Å². The van der Waals surface area contributed by atoms with Crippen LogP contribution in [0.3, 0.4) is 0 Å². The van der Waals surface area contributed by atoms with Gasteiger partial charge in [-0.15, -0.1) is 0 Å². The Morgan fingerprint density at radius 2 is 1.94 bits per heavy atom. The molecule has 1 unspecified atom stereocenters. The average Bonchev–Trinajstić information content (AvgIpc) is 2.82. The summed E-state index contributed by atoms with van der Waals surface area (Å²) in [4.78, 5) is 15.6. The number of hydrogen-bond acceptors (Lipinski definition) is 7. The van der Waals surface area contributed by atoms with Crippen molar-refractivity contribution in [2.75, 3.05) is 6.54 Å². The van der Waals surface area contributed by atoms with Crippen LogP contribution in [0.5, 0.6) is 11.6 Å². The first-order valence-electron chi connectivity index (χ1n) is 9.90. The van der Waals surface area contributed by atoms with E-state index in [0.29, 0.717) is 11.3 Å². The number of aromatic nitrogens is 1. The molecule has 1 aliphatic heterocycles. The van der Waals surface area contributed by atoms with Gasteiger partial charge in [0.15, 0.2) is 6.23 Å². The Kier molecular flexibility index (Phi) is 6.27. The molecule has 4 rings (SSSR count). The van der Waals surface area contributed by atoms with Crippen molar-refractivity contribution in [3.63, 3.8) is 0 Å². The van der Waals surface area contributed by atoms with Crippen LogP contribution in [0.15, 0.2) is 65.7 Å². The van der Waals surface area contributed by atoms with Gasteiger partial charge in [-0.3, -0.25) is 5.21 Å². The maximum Gasteiger partial charge on any atom is 0.432 e. The lowest BCUT2D eigenvalue weighted by Crippen LogP contribution is -2.43. The number of sulfonamides is 1. The van der Waals surface area contributed by atoms with Crippen LogP contribution in [0.2, 0.25) is 0 Å². The lowest BCUT2D eigenvalue weighted by Gasteiger charge is -2.36. The van der Waals surface area contributed by atoms with E-state index in [9.17, 15) is 17.6 Å². The molecule has 0 saturated carbocycles. The SMILES string of the molecule is Cc1ccc(F)c2c1CCN(S(=O)(=O)c1ccc(Oc3ccccc3)nc1)C2OC(=O)NO. The van der Waals surface area contributed by atoms with E-state index in [1.165, 1.54) is 23.7 Å². The molecule has 1 atom stereocenters. The predicted octanol–water partition coefficient (Wildman–Crippen LogP) is 3.68. The number of benzene rings is 2. The molecule has 0 bridgehead atoms. The van der Waals surface area contributed by atoms with Crippen LogP contribution < -0.4 is 10.2 Å². The van der Waals surface area contributed by atoms with Gasteiger partial charge in [0.05, 0.1) is 6.20 Å². The Bertz CT molecular complexity index is 1270. The molecule has 0 radical (unpaired) electrons. The highest BCUT2D eigenvalue weighted by molar-refractivity contribution is 7.89. The minimum atomic E-state index is -4.27. The van der Waals surface area contributed by atoms with E-state index in [1.54, 1.807) is 37.3 Å². The summed E-state index contributed by atoms with van der Waals surface area (Å²) in [5.41, 5.74) is 2.48. The first-order chi connectivity index (χ1) is 15.8. The molecule has 0 saturated heterocycles. The van der Waals surface area contributed by atoms with Crippen molar-refractivity contribution in [1.82, 2.24) is 14.8 Å². The molecule has 1 aliphatic rings. The van der Waals surface area contributed by atoms with Crippen molar-refractivity contribution >= 4 is 16.1 Å². The molecule has 2 N–H and O–H groups in total. The Morgan fingerprint density at radius 3 is 2.61 bits per heavy atom. The number of carbonyl (C=O) groups excluding carboxylic acids is 1. The second-order valence-corrected chi connectivity index (χ2v) is 9.13. The number of rotatable bonds is 5. The summed E-state index contributed by atoms with van der Waals surface area (Å²) in [5, 5.41) is 8.88. The third-order valence-corrected chi connectivity index (χ3v) is 7.05. The number of pyridine rings is 1. The maximum absolute atomic E-state index is 14.8. The minimum Gasteiger partial charge on any atom is -0.439 e. The smallest absolute Gasteiger partial charge is 0.432 e. The predicted molar refractivity (Wildman–Crippen MR) is 114 cm³/mol. The molecule has 0 spiro atoms. The first-order valence-corrected chi connectivity index (χ1v) is 11.3. The number of carbonyl (C=O) groups is 1. The zero-order chi connectivity index (χ0) is 23.6. The fraction of sp³-hybridized carbons (Fsp3) is 0.182. The average molecular weight is 473 g/mol. The lowest BCUT2D eigenvalue weighted by atomic mass is 9.94. The molecule has 1 amide bonds. The summed E-state index contributed by atoms with van der Waals surface area (Å²) >= 11 is 0. The van der Waals surface area contributed by atoms with Gasteiger partial charge >= 0.3 is 6.09 Å². The maximum atomic E-state index is 14.8. The molecule has 2 aromatic carbocycles. The number of aryl methyl sites for hydroxylation is 1. The third-order valence-electron chi connectivity index (χ3n) is 5.22. The lowest BCUT2D eigenvalue weighted by molar-refractivity contribution is 0.000329. The van der Waals surface area contributed by atoms with Gasteiger partial charge in [-0.05, 0) is 48.7 Å². The van der Waals surface area contributed by atoms with Crippen LogP contribution in [-0.4, -0.2) is 35.6 Å². The molecular formula is C22H20FN3O6S. The molecule has 3 aromatic rings. The Balaban J connectivity index is 1.68. The second kappa shape index (κ2) is 9.14. The van der Waals surface area contributed by atoms with Gasteiger partial charge in [0, 0.05) is 18.2 Å². The highest BCUT2D eigenvalue weighted by Crippen LogP contribution is 2.38. The van der Waals surface area contributed by atoms with E-state index >= 15 is 0 Å².